The zero-order chi connectivity index (χ0) is 16.4. The molecule has 1 aromatic heterocycles. The van der Waals surface area contributed by atoms with Crippen LogP contribution in [-0.2, 0) is 0 Å². The lowest BCUT2D eigenvalue weighted by molar-refractivity contribution is 0.115. The van der Waals surface area contributed by atoms with Crippen LogP contribution in [0.25, 0.3) is 10.9 Å². The number of nitrogens with zero attached hydrogens (tertiary/aromatic N) is 3. The second-order valence-corrected chi connectivity index (χ2v) is 6.77. The molecule has 1 saturated heterocycles. The Morgan fingerprint density at radius 3 is 2.58 bits per heavy atom. The molecule has 2 aromatic rings. The van der Waals surface area contributed by atoms with Gasteiger partial charge in [0, 0.05) is 43.8 Å². The summed E-state index contributed by atoms with van der Waals surface area (Å²) < 4.78 is 0. The largest absolute Gasteiger partial charge is 0.322 e. The van der Waals surface area contributed by atoms with Crippen LogP contribution >= 0.6 is 0 Å². The molecule has 24 heavy (non-hydrogen) atoms. The summed E-state index contributed by atoms with van der Waals surface area (Å²) in [6.07, 6.45) is 7.14. The molecule has 2 heterocycles. The molecule has 5 nitrogen and oxygen atoms in total. The predicted molar refractivity (Wildman–Crippen MR) is 96.2 cm³/mol. The lowest BCUT2D eigenvalue weighted by atomic mass is 10.2. The molecule has 0 radical (unpaired) electrons. The molecule has 1 aliphatic carbocycles. The first-order valence-corrected chi connectivity index (χ1v) is 8.95. The number of piperazine rings is 1. The fourth-order valence-electron chi connectivity index (χ4n) is 3.96. The minimum absolute atomic E-state index is 0.0146. The van der Waals surface area contributed by atoms with Crippen LogP contribution in [0.5, 0.6) is 0 Å². The molecule has 126 valence electrons. The Hall–Kier alpha value is -2.14. The standard InChI is InChI=1S/C19H24N4O/c24-19(21-17-9-3-5-15-6-4-10-20-18(15)17)23-13-11-22(12-14-23)16-7-1-2-8-16/h3-6,9-10,16H,1-2,7-8,11-14H2,(H,21,24). The Balaban J connectivity index is 1.39. The number of rotatable bonds is 2. The zero-order valence-electron chi connectivity index (χ0n) is 13.9. The highest BCUT2D eigenvalue weighted by molar-refractivity contribution is 5.99. The van der Waals surface area contributed by atoms with Gasteiger partial charge >= 0.3 is 6.03 Å². The highest BCUT2D eigenvalue weighted by Crippen LogP contribution is 2.25. The van der Waals surface area contributed by atoms with Crippen LogP contribution in [0.3, 0.4) is 0 Å². The van der Waals surface area contributed by atoms with Crippen molar-refractivity contribution >= 4 is 22.6 Å². The van der Waals surface area contributed by atoms with Crippen LogP contribution in [0, 0.1) is 0 Å². The van der Waals surface area contributed by atoms with Crippen LogP contribution in [0.2, 0.25) is 0 Å². The summed E-state index contributed by atoms with van der Waals surface area (Å²) in [7, 11) is 0. The maximum atomic E-state index is 12.6. The summed E-state index contributed by atoms with van der Waals surface area (Å²) in [6.45, 7) is 3.60. The number of benzene rings is 1. The van der Waals surface area contributed by atoms with E-state index < -0.39 is 0 Å². The van der Waals surface area contributed by atoms with Gasteiger partial charge in [-0.15, -0.1) is 0 Å². The van der Waals surface area contributed by atoms with Crippen molar-refractivity contribution in [3.63, 3.8) is 0 Å². The van der Waals surface area contributed by atoms with Gasteiger partial charge in [0.15, 0.2) is 0 Å². The average Bonchev–Trinajstić information content (AvgIpc) is 3.17. The highest BCUT2D eigenvalue weighted by atomic mass is 16.2. The molecule has 0 atom stereocenters. The van der Waals surface area contributed by atoms with Crippen LogP contribution in [0.4, 0.5) is 10.5 Å². The van der Waals surface area contributed by atoms with E-state index in [0.717, 1.165) is 48.8 Å². The van der Waals surface area contributed by atoms with Crippen LogP contribution in [0.15, 0.2) is 36.5 Å². The van der Waals surface area contributed by atoms with E-state index in [-0.39, 0.29) is 6.03 Å². The molecule has 0 bridgehead atoms. The van der Waals surface area contributed by atoms with Crippen molar-refractivity contribution in [1.82, 2.24) is 14.8 Å². The van der Waals surface area contributed by atoms with E-state index in [9.17, 15) is 4.79 Å². The number of nitrogens with one attached hydrogen (secondary N) is 1. The monoisotopic (exact) mass is 324 g/mol. The minimum atomic E-state index is -0.0146. The Labute approximate surface area is 142 Å². The van der Waals surface area contributed by atoms with Gasteiger partial charge in [-0.2, -0.15) is 0 Å². The van der Waals surface area contributed by atoms with E-state index in [4.69, 9.17) is 0 Å². The SMILES string of the molecule is O=C(Nc1cccc2cccnc12)N1CCN(C2CCCC2)CC1. The van der Waals surface area contributed by atoms with E-state index in [0.29, 0.717) is 0 Å². The van der Waals surface area contributed by atoms with Crippen molar-refractivity contribution in [2.24, 2.45) is 0 Å². The van der Waals surface area contributed by atoms with Gasteiger partial charge in [-0.05, 0) is 25.0 Å². The molecule has 2 amide bonds. The molecular formula is C19H24N4O. The third kappa shape index (κ3) is 3.08. The Morgan fingerprint density at radius 2 is 1.79 bits per heavy atom. The number of anilines is 1. The average molecular weight is 324 g/mol. The zero-order valence-corrected chi connectivity index (χ0v) is 13.9. The number of fused-ring (bicyclic) bond motifs is 1. The molecule has 1 N–H and O–H groups in total. The molecule has 4 rings (SSSR count). The Bertz CT molecular complexity index is 713. The molecule has 1 aromatic carbocycles. The van der Waals surface area contributed by atoms with Crippen molar-refractivity contribution < 1.29 is 4.79 Å². The first-order valence-electron chi connectivity index (χ1n) is 8.95. The quantitative estimate of drug-likeness (QED) is 0.922. The smallest absolute Gasteiger partial charge is 0.321 e. The van der Waals surface area contributed by atoms with Gasteiger partial charge in [-0.3, -0.25) is 9.88 Å². The van der Waals surface area contributed by atoms with Gasteiger partial charge in [-0.25, -0.2) is 4.79 Å². The summed E-state index contributed by atoms with van der Waals surface area (Å²) in [4.78, 5) is 21.5. The number of urea groups is 1. The third-order valence-electron chi connectivity index (χ3n) is 5.32. The van der Waals surface area contributed by atoms with Gasteiger partial charge in [0.25, 0.3) is 0 Å². The summed E-state index contributed by atoms with van der Waals surface area (Å²) in [5.74, 6) is 0. The number of aromatic nitrogens is 1. The topological polar surface area (TPSA) is 48.5 Å². The minimum Gasteiger partial charge on any atom is -0.322 e. The molecule has 2 aliphatic rings. The van der Waals surface area contributed by atoms with Gasteiger partial charge in [0.2, 0.25) is 0 Å². The van der Waals surface area contributed by atoms with Crippen molar-refractivity contribution in [1.29, 1.82) is 0 Å². The van der Waals surface area contributed by atoms with E-state index >= 15 is 0 Å². The molecule has 0 spiro atoms. The second-order valence-electron chi connectivity index (χ2n) is 6.77. The van der Waals surface area contributed by atoms with Gasteiger partial charge in [0.05, 0.1) is 11.2 Å². The van der Waals surface area contributed by atoms with Crippen LogP contribution in [0.1, 0.15) is 25.7 Å². The summed E-state index contributed by atoms with van der Waals surface area (Å²) >= 11 is 0. The molecule has 1 saturated carbocycles. The third-order valence-corrected chi connectivity index (χ3v) is 5.32. The molecule has 1 aliphatic heterocycles. The van der Waals surface area contributed by atoms with Crippen LogP contribution < -0.4 is 5.32 Å². The first-order chi connectivity index (χ1) is 11.8. The van der Waals surface area contributed by atoms with E-state index in [1.165, 1.54) is 25.7 Å². The number of carbonyl (C=O) groups excluding carboxylic acids is 1. The summed E-state index contributed by atoms with van der Waals surface area (Å²) in [5, 5.41) is 4.09. The van der Waals surface area contributed by atoms with Crippen molar-refractivity contribution in [2.75, 3.05) is 31.5 Å². The molecular weight excluding hydrogens is 300 g/mol. The number of para-hydroxylation sites is 1. The van der Waals surface area contributed by atoms with Crippen molar-refractivity contribution in [2.45, 2.75) is 31.7 Å². The Kier molecular flexibility index (Phi) is 4.34. The van der Waals surface area contributed by atoms with Crippen molar-refractivity contribution in [3.8, 4) is 0 Å². The van der Waals surface area contributed by atoms with E-state index in [1.54, 1.807) is 6.20 Å². The predicted octanol–water partition coefficient (Wildman–Crippen LogP) is 3.33. The number of pyridine rings is 1. The summed E-state index contributed by atoms with van der Waals surface area (Å²) in [5.41, 5.74) is 1.63. The summed E-state index contributed by atoms with van der Waals surface area (Å²) in [6, 6.07) is 10.5. The van der Waals surface area contributed by atoms with Gasteiger partial charge in [-0.1, -0.05) is 31.0 Å². The number of hydrogen-bond donors (Lipinski definition) is 1. The molecule has 0 unspecified atom stereocenters. The fraction of sp³-hybridized carbons (Fsp3) is 0.474. The lowest BCUT2D eigenvalue weighted by Crippen LogP contribution is -2.52. The first kappa shape index (κ1) is 15.4. The maximum Gasteiger partial charge on any atom is 0.321 e. The Morgan fingerprint density at radius 1 is 1.04 bits per heavy atom. The van der Waals surface area contributed by atoms with E-state index in [2.05, 4.69) is 15.2 Å². The lowest BCUT2D eigenvalue weighted by Gasteiger charge is -2.38. The fourth-order valence-corrected chi connectivity index (χ4v) is 3.96. The number of hydrogen-bond acceptors (Lipinski definition) is 3. The van der Waals surface area contributed by atoms with Crippen LogP contribution in [-0.4, -0.2) is 53.0 Å². The maximum absolute atomic E-state index is 12.6. The normalized spacial score (nSPS) is 19.8. The van der Waals surface area contributed by atoms with E-state index in [1.807, 2.05) is 35.2 Å². The highest BCUT2D eigenvalue weighted by Gasteiger charge is 2.27. The van der Waals surface area contributed by atoms with Gasteiger partial charge in [0.1, 0.15) is 0 Å². The van der Waals surface area contributed by atoms with Crippen molar-refractivity contribution in [3.05, 3.63) is 36.5 Å². The van der Waals surface area contributed by atoms with Gasteiger partial charge < -0.3 is 10.2 Å². The number of carbonyl (C=O) groups is 1. The molecule has 5 heteroatoms. The number of amides is 2. The second kappa shape index (κ2) is 6.77. The molecule has 2 fully saturated rings.